The van der Waals surface area contributed by atoms with Crippen molar-refractivity contribution >= 4 is 17.7 Å². The normalized spacial score (nSPS) is 17.0. The summed E-state index contributed by atoms with van der Waals surface area (Å²) in [5.41, 5.74) is -1.02. The van der Waals surface area contributed by atoms with Crippen LogP contribution < -0.4 is 10.9 Å². The highest BCUT2D eigenvalue weighted by atomic mass is 16.6. The fraction of sp³-hybridized carbons (Fsp3) is 0.471. The molecule has 0 bridgehead atoms. The van der Waals surface area contributed by atoms with Gasteiger partial charge in [-0.15, -0.1) is 0 Å². The number of ether oxygens (including phenoxy) is 1. The molecule has 2 aromatic heterocycles. The number of hydrogen-bond acceptors (Lipinski definition) is 6. The maximum Gasteiger partial charge on any atom is 0.410 e. The number of nitrogens with zero attached hydrogens (tertiary/aromatic N) is 4. The third-order valence-electron chi connectivity index (χ3n) is 3.98. The van der Waals surface area contributed by atoms with Crippen molar-refractivity contribution in [3.63, 3.8) is 0 Å². The van der Waals surface area contributed by atoms with Crippen LogP contribution in [0, 0.1) is 5.92 Å². The van der Waals surface area contributed by atoms with Crippen LogP contribution in [-0.2, 0) is 9.53 Å². The van der Waals surface area contributed by atoms with E-state index in [1.807, 2.05) is 0 Å². The van der Waals surface area contributed by atoms with Crippen molar-refractivity contribution in [1.29, 1.82) is 0 Å². The van der Waals surface area contributed by atoms with Crippen LogP contribution >= 0.6 is 0 Å². The summed E-state index contributed by atoms with van der Waals surface area (Å²) in [7, 11) is 0. The molecule has 27 heavy (non-hydrogen) atoms. The van der Waals surface area contributed by atoms with E-state index in [1.54, 1.807) is 39.2 Å². The molecule has 1 fully saturated rings. The van der Waals surface area contributed by atoms with Gasteiger partial charge in [-0.2, -0.15) is 5.10 Å². The van der Waals surface area contributed by atoms with Gasteiger partial charge < -0.3 is 15.0 Å². The summed E-state index contributed by atoms with van der Waals surface area (Å²) < 4.78 is 6.72. The molecule has 1 aliphatic rings. The molecule has 144 valence electrons. The smallest absolute Gasteiger partial charge is 0.410 e. The van der Waals surface area contributed by atoms with E-state index in [0.29, 0.717) is 13.0 Å². The number of carbonyl (C=O) groups excluding carboxylic acids is 2. The first-order valence-electron chi connectivity index (χ1n) is 8.61. The summed E-state index contributed by atoms with van der Waals surface area (Å²) in [5.74, 6) is -0.497. The van der Waals surface area contributed by atoms with Crippen molar-refractivity contribution < 1.29 is 14.3 Å². The highest BCUT2D eigenvalue weighted by Gasteiger charge is 2.33. The van der Waals surface area contributed by atoms with Crippen LogP contribution in [-0.4, -0.2) is 55.3 Å². The Balaban J connectivity index is 1.61. The van der Waals surface area contributed by atoms with E-state index in [1.165, 1.54) is 15.8 Å². The first-order chi connectivity index (χ1) is 12.7. The molecular formula is C17H22N6O4. The van der Waals surface area contributed by atoms with E-state index in [4.69, 9.17) is 4.74 Å². The number of likely N-dealkylation sites (tertiary alicyclic amines) is 1. The number of amides is 2. The second-order valence-electron chi connectivity index (χ2n) is 7.30. The van der Waals surface area contributed by atoms with Crippen molar-refractivity contribution in [2.45, 2.75) is 32.8 Å². The van der Waals surface area contributed by atoms with Crippen LogP contribution in [0.1, 0.15) is 27.2 Å². The summed E-state index contributed by atoms with van der Waals surface area (Å²) in [5, 5.41) is 6.56. The average molecular weight is 374 g/mol. The number of hydrogen-bond donors (Lipinski definition) is 2. The molecule has 3 heterocycles. The van der Waals surface area contributed by atoms with Gasteiger partial charge in [0.05, 0.1) is 12.1 Å². The van der Waals surface area contributed by atoms with Gasteiger partial charge in [-0.1, -0.05) is 0 Å². The largest absolute Gasteiger partial charge is 0.444 e. The quantitative estimate of drug-likeness (QED) is 0.831. The molecule has 10 nitrogen and oxygen atoms in total. The first-order valence-corrected chi connectivity index (χ1v) is 8.61. The van der Waals surface area contributed by atoms with Crippen LogP contribution in [0.2, 0.25) is 0 Å². The van der Waals surface area contributed by atoms with Gasteiger partial charge in [-0.05, 0) is 33.3 Å². The molecular weight excluding hydrogens is 352 g/mol. The number of anilines is 1. The van der Waals surface area contributed by atoms with Crippen LogP contribution in [0.25, 0.3) is 5.95 Å². The topological polar surface area (TPSA) is 122 Å². The first kappa shape index (κ1) is 18.6. The molecule has 3 rings (SSSR count). The minimum Gasteiger partial charge on any atom is -0.444 e. The Morgan fingerprint density at radius 1 is 1.37 bits per heavy atom. The maximum atomic E-state index is 12.4. The Morgan fingerprint density at radius 2 is 2.15 bits per heavy atom. The molecule has 2 aromatic rings. The second kappa shape index (κ2) is 7.22. The predicted octanol–water partition coefficient (Wildman–Crippen LogP) is 1.15. The van der Waals surface area contributed by atoms with Crippen LogP contribution in [0.4, 0.5) is 10.5 Å². The van der Waals surface area contributed by atoms with Crippen molar-refractivity contribution in [1.82, 2.24) is 24.6 Å². The molecule has 0 radical (unpaired) electrons. The predicted molar refractivity (Wildman–Crippen MR) is 96.5 cm³/mol. The van der Waals surface area contributed by atoms with Gasteiger partial charge in [-0.3, -0.25) is 14.6 Å². The SMILES string of the molecule is CC(C)(C)OC(=O)N1CCC(C(=O)Nc2cnc(-n3cccn3)[nH]c2=O)C1. The number of nitrogens with one attached hydrogen (secondary N) is 2. The third kappa shape index (κ3) is 4.52. The molecule has 1 unspecified atom stereocenters. The monoisotopic (exact) mass is 374 g/mol. The van der Waals surface area contributed by atoms with Gasteiger partial charge in [0.2, 0.25) is 11.9 Å². The lowest BCUT2D eigenvalue weighted by molar-refractivity contribution is -0.119. The molecule has 1 saturated heterocycles. The van der Waals surface area contributed by atoms with E-state index in [9.17, 15) is 14.4 Å². The number of aromatic nitrogens is 4. The molecule has 0 aromatic carbocycles. The zero-order valence-electron chi connectivity index (χ0n) is 15.4. The zero-order chi connectivity index (χ0) is 19.6. The Kier molecular flexibility index (Phi) is 4.98. The van der Waals surface area contributed by atoms with E-state index in [2.05, 4.69) is 20.4 Å². The molecule has 10 heteroatoms. The van der Waals surface area contributed by atoms with Crippen molar-refractivity contribution in [2.24, 2.45) is 5.92 Å². The fourth-order valence-electron chi connectivity index (χ4n) is 2.69. The van der Waals surface area contributed by atoms with Crippen LogP contribution in [0.15, 0.2) is 29.5 Å². The average Bonchev–Trinajstić information content (AvgIpc) is 3.27. The Bertz CT molecular complexity index is 884. The molecule has 1 aliphatic heterocycles. The highest BCUT2D eigenvalue weighted by Crippen LogP contribution is 2.20. The van der Waals surface area contributed by atoms with Gasteiger partial charge in [-0.25, -0.2) is 14.5 Å². The summed E-state index contributed by atoms with van der Waals surface area (Å²) >= 11 is 0. The molecule has 1 atom stereocenters. The molecule has 0 aliphatic carbocycles. The lowest BCUT2D eigenvalue weighted by Gasteiger charge is -2.24. The van der Waals surface area contributed by atoms with Crippen molar-refractivity contribution in [3.05, 3.63) is 35.0 Å². The summed E-state index contributed by atoms with van der Waals surface area (Å²) in [6, 6.07) is 1.70. The van der Waals surface area contributed by atoms with Gasteiger partial charge in [0.1, 0.15) is 11.3 Å². The van der Waals surface area contributed by atoms with Crippen LogP contribution in [0.3, 0.4) is 0 Å². The standard InChI is InChI=1S/C17H22N6O4/c1-17(2,3)27-16(26)22-8-5-11(10-22)13(24)20-12-9-18-15(21-14(12)25)23-7-4-6-19-23/h4,6-7,9,11H,5,8,10H2,1-3H3,(H,20,24)(H,18,21,25). The lowest BCUT2D eigenvalue weighted by Crippen LogP contribution is -2.36. The minimum absolute atomic E-state index is 0.0478. The molecule has 2 N–H and O–H groups in total. The summed E-state index contributed by atoms with van der Waals surface area (Å²) in [4.78, 5) is 44.9. The van der Waals surface area contributed by atoms with Crippen molar-refractivity contribution in [3.8, 4) is 5.95 Å². The minimum atomic E-state index is -0.591. The van der Waals surface area contributed by atoms with Crippen LogP contribution in [0.5, 0.6) is 0 Å². The summed E-state index contributed by atoms with van der Waals surface area (Å²) in [6.45, 7) is 6.04. The number of aromatic amines is 1. The number of carbonyl (C=O) groups is 2. The van der Waals surface area contributed by atoms with Gasteiger partial charge in [0, 0.05) is 25.5 Å². The molecule has 0 saturated carbocycles. The van der Waals surface area contributed by atoms with E-state index in [-0.39, 0.29) is 24.1 Å². The second-order valence-corrected chi connectivity index (χ2v) is 7.30. The van der Waals surface area contributed by atoms with Gasteiger partial charge in [0.15, 0.2) is 0 Å². The third-order valence-corrected chi connectivity index (χ3v) is 3.98. The van der Waals surface area contributed by atoms with Gasteiger partial charge in [0.25, 0.3) is 5.56 Å². The Morgan fingerprint density at radius 3 is 2.78 bits per heavy atom. The highest BCUT2D eigenvalue weighted by molar-refractivity contribution is 5.93. The fourth-order valence-corrected chi connectivity index (χ4v) is 2.69. The number of rotatable bonds is 3. The molecule has 0 spiro atoms. The van der Waals surface area contributed by atoms with Crippen molar-refractivity contribution in [2.75, 3.05) is 18.4 Å². The lowest BCUT2D eigenvalue weighted by atomic mass is 10.1. The number of H-pyrrole nitrogens is 1. The van der Waals surface area contributed by atoms with E-state index >= 15 is 0 Å². The summed E-state index contributed by atoms with van der Waals surface area (Å²) in [6.07, 6.45) is 4.55. The van der Waals surface area contributed by atoms with E-state index in [0.717, 1.165) is 0 Å². The zero-order valence-corrected chi connectivity index (χ0v) is 15.4. The Hall–Kier alpha value is -3.17. The van der Waals surface area contributed by atoms with E-state index < -0.39 is 23.2 Å². The molecule has 2 amide bonds. The Labute approximate surface area is 155 Å². The maximum absolute atomic E-state index is 12.4. The van der Waals surface area contributed by atoms with Gasteiger partial charge >= 0.3 is 6.09 Å².